The van der Waals surface area contributed by atoms with Gasteiger partial charge in [0.1, 0.15) is 0 Å². The number of rotatable bonds is 5. The molecule has 2 unspecified atom stereocenters. The second-order valence-corrected chi connectivity index (χ2v) is 3.68. The Morgan fingerprint density at radius 2 is 2.00 bits per heavy atom. The van der Waals surface area contributed by atoms with Crippen molar-refractivity contribution in [1.29, 1.82) is 0 Å². The van der Waals surface area contributed by atoms with Crippen molar-refractivity contribution in [3.05, 3.63) is 0 Å². The highest BCUT2D eigenvalue weighted by molar-refractivity contribution is 6.20. The van der Waals surface area contributed by atoms with E-state index < -0.39 is 17.3 Å². The molecule has 0 spiro atoms. The zero-order valence-corrected chi connectivity index (χ0v) is 9.27. The molecule has 0 heterocycles. The number of unbranched alkanes of at least 4 members (excludes halogenated alkanes) is 1. The van der Waals surface area contributed by atoms with Crippen LogP contribution in [0.1, 0.15) is 33.1 Å². The van der Waals surface area contributed by atoms with Crippen molar-refractivity contribution in [2.24, 2.45) is 0 Å². The van der Waals surface area contributed by atoms with Gasteiger partial charge in [0, 0.05) is 0 Å². The van der Waals surface area contributed by atoms with E-state index in [1.165, 1.54) is 6.92 Å². The minimum Gasteiger partial charge on any atom is -0.415 e. The Kier molecular flexibility index (Phi) is 7.19. The second kappa shape index (κ2) is 7.27. The summed E-state index contributed by atoms with van der Waals surface area (Å²) in [5, 5.41) is 0. The van der Waals surface area contributed by atoms with Gasteiger partial charge < -0.3 is 9.47 Å². The van der Waals surface area contributed by atoms with Crippen LogP contribution < -0.4 is 0 Å². The molecule has 0 aliphatic heterocycles. The van der Waals surface area contributed by atoms with Gasteiger partial charge in [0.05, 0.1) is 0 Å². The lowest BCUT2D eigenvalue weighted by Gasteiger charge is -2.11. The first-order chi connectivity index (χ1) is 6.06. The number of hydrogen-bond acceptors (Lipinski definition) is 3. The number of alkyl halides is 2. The Hall–Kier alpha value is -0.150. The van der Waals surface area contributed by atoms with Crippen molar-refractivity contribution in [2.75, 3.05) is 0 Å². The summed E-state index contributed by atoms with van der Waals surface area (Å²) in [7, 11) is 0. The van der Waals surface area contributed by atoms with Crippen LogP contribution in [0.15, 0.2) is 0 Å². The molecule has 0 radical (unpaired) electrons. The molecule has 0 aromatic heterocycles. The highest BCUT2D eigenvalue weighted by Crippen LogP contribution is 2.11. The summed E-state index contributed by atoms with van der Waals surface area (Å²) in [4.78, 5) is 10.8. The van der Waals surface area contributed by atoms with Gasteiger partial charge in [0.2, 0.25) is 0 Å². The summed E-state index contributed by atoms with van der Waals surface area (Å²) in [5.74, 6) is 0. The molecular weight excluding hydrogens is 215 g/mol. The fraction of sp³-hybridized carbons (Fsp3) is 0.875. The third-order valence-corrected chi connectivity index (χ3v) is 1.66. The van der Waals surface area contributed by atoms with Crippen molar-refractivity contribution in [2.45, 2.75) is 44.2 Å². The maximum atomic E-state index is 10.8. The maximum Gasteiger partial charge on any atom is 0.511 e. The normalized spacial score (nSPS) is 14.8. The van der Waals surface area contributed by atoms with Crippen molar-refractivity contribution in [3.8, 4) is 0 Å². The number of halogens is 2. The van der Waals surface area contributed by atoms with Crippen molar-refractivity contribution >= 4 is 29.4 Å². The van der Waals surface area contributed by atoms with Gasteiger partial charge in [-0.15, -0.1) is 0 Å². The molecule has 0 saturated carbocycles. The van der Waals surface area contributed by atoms with E-state index in [4.69, 9.17) is 23.2 Å². The SMILES string of the molecule is CCCCC(Cl)OC(=O)OC(C)Cl. The van der Waals surface area contributed by atoms with Gasteiger partial charge in [-0.05, 0) is 19.8 Å². The lowest BCUT2D eigenvalue weighted by molar-refractivity contribution is 0.0383. The van der Waals surface area contributed by atoms with E-state index >= 15 is 0 Å². The van der Waals surface area contributed by atoms with Gasteiger partial charge in [0.25, 0.3) is 0 Å². The van der Waals surface area contributed by atoms with Crippen LogP contribution in [0.2, 0.25) is 0 Å². The molecule has 0 bridgehead atoms. The predicted molar refractivity (Wildman–Crippen MR) is 52.0 cm³/mol. The zero-order valence-electron chi connectivity index (χ0n) is 7.76. The van der Waals surface area contributed by atoms with Crippen LogP contribution in [0, 0.1) is 0 Å². The van der Waals surface area contributed by atoms with Gasteiger partial charge >= 0.3 is 6.16 Å². The van der Waals surface area contributed by atoms with Crippen LogP contribution in [0.4, 0.5) is 4.79 Å². The highest BCUT2D eigenvalue weighted by atomic mass is 35.5. The Labute approximate surface area is 88.3 Å². The molecule has 2 atom stereocenters. The van der Waals surface area contributed by atoms with E-state index in [2.05, 4.69) is 9.47 Å². The predicted octanol–water partition coefficient (Wildman–Crippen LogP) is 3.48. The molecule has 0 fully saturated rings. The van der Waals surface area contributed by atoms with Crippen molar-refractivity contribution in [1.82, 2.24) is 0 Å². The van der Waals surface area contributed by atoms with E-state index in [9.17, 15) is 4.79 Å². The smallest absolute Gasteiger partial charge is 0.415 e. The van der Waals surface area contributed by atoms with Gasteiger partial charge in [-0.2, -0.15) is 0 Å². The van der Waals surface area contributed by atoms with E-state index in [1.54, 1.807) is 0 Å². The summed E-state index contributed by atoms with van der Waals surface area (Å²) in [6.45, 7) is 3.56. The fourth-order valence-corrected chi connectivity index (χ4v) is 0.988. The maximum absolute atomic E-state index is 10.8. The molecule has 0 amide bonds. The third kappa shape index (κ3) is 8.19. The first-order valence-corrected chi connectivity index (χ1v) is 5.09. The molecule has 78 valence electrons. The first kappa shape index (κ1) is 12.8. The molecule has 0 saturated heterocycles. The van der Waals surface area contributed by atoms with Gasteiger partial charge in [-0.25, -0.2) is 4.79 Å². The van der Waals surface area contributed by atoms with Crippen LogP contribution in [0.25, 0.3) is 0 Å². The molecule has 0 rings (SSSR count). The molecule has 5 heteroatoms. The zero-order chi connectivity index (χ0) is 10.3. The minimum absolute atomic E-state index is 0.622. The largest absolute Gasteiger partial charge is 0.511 e. The van der Waals surface area contributed by atoms with E-state index in [1.807, 2.05) is 6.92 Å². The highest BCUT2D eigenvalue weighted by Gasteiger charge is 2.13. The standard InChI is InChI=1S/C8H14Cl2O3/c1-3-4-5-7(10)13-8(11)12-6(2)9/h6-7H,3-5H2,1-2H3. The number of carbonyl (C=O) groups excluding carboxylic acids is 1. The molecule has 0 aliphatic rings. The number of carbonyl (C=O) groups is 1. The topological polar surface area (TPSA) is 35.5 Å². The minimum atomic E-state index is -0.821. The second-order valence-electron chi connectivity index (χ2n) is 2.58. The van der Waals surface area contributed by atoms with Gasteiger partial charge in [0.15, 0.2) is 11.1 Å². The van der Waals surface area contributed by atoms with Crippen LogP contribution in [-0.4, -0.2) is 17.3 Å². The monoisotopic (exact) mass is 228 g/mol. The summed E-state index contributed by atoms with van der Waals surface area (Å²) in [6, 6.07) is 0. The van der Waals surface area contributed by atoms with Gasteiger partial charge in [-0.3, -0.25) is 0 Å². The summed E-state index contributed by atoms with van der Waals surface area (Å²) in [5.41, 5.74) is -1.31. The molecule has 0 N–H and O–H groups in total. The van der Waals surface area contributed by atoms with Crippen molar-refractivity contribution < 1.29 is 14.3 Å². The Morgan fingerprint density at radius 1 is 1.38 bits per heavy atom. The fourth-order valence-electron chi connectivity index (χ4n) is 0.688. The summed E-state index contributed by atoms with van der Waals surface area (Å²) in [6.07, 6.45) is 1.73. The molecular formula is C8H14Cl2O3. The Morgan fingerprint density at radius 3 is 2.46 bits per heavy atom. The van der Waals surface area contributed by atoms with E-state index in [0.717, 1.165) is 12.8 Å². The Balaban J connectivity index is 3.53. The van der Waals surface area contributed by atoms with Crippen LogP contribution >= 0.6 is 23.2 Å². The molecule has 0 aromatic carbocycles. The van der Waals surface area contributed by atoms with Crippen LogP contribution in [0.3, 0.4) is 0 Å². The Bertz CT molecular complexity index is 150. The average Bonchev–Trinajstić information content (AvgIpc) is 1.98. The molecule has 3 nitrogen and oxygen atoms in total. The first-order valence-electron chi connectivity index (χ1n) is 4.21. The van der Waals surface area contributed by atoms with Crippen LogP contribution in [-0.2, 0) is 9.47 Å². The van der Waals surface area contributed by atoms with Gasteiger partial charge in [-0.1, -0.05) is 36.5 Å². The lowest BCUT2D eigenvalue weighted by atomic mass is 10.3. The van der Waals surface area contributed by atoms with E-state index in [-0.39, 0.29) is 0 Å². The quantitative estimate of drug-likeness (QED) is 0.534. The molecule has 0 aliphatic carbocycles. The van der Waals surface area contributed by atoms with E-state index in [0.29, 0.717) is 6.42 Å². The molecule has 0 aromatic rings. The van der Waals surface area contributed by atoms with Crippen LogP contribution in [0.5, 0.6) is 0 Å². The van der Waals surface area contributed by atoms with Crippen molar-refractivity contribution in [3.63, 3.8) is 0 Å². The lowest BCUT2D eigenvalue weighted by Crippen LogP contribution is -2.16. The average molecular weight is 229 g/mol. The number of hydrogen-bond donors (Lipinski definition) is 0. The third-order valence-electron chi connectivity index (χ3n) is 1.27. The molecule has 13 heavy (non-hydrogen) atoms. The summed E-state index contributed by atoms with van der Waals surface area (Å²) >= 11 is 11.1. The summed E-state index contributed by atoms with van der Waals surface area (Å²) < 4.78 is 9.20. The number of ether oxygens (including phenoxy) is 2.